The SMILES string of the molecule is N#Cc1ccc(N2CCCC(C(=O)NC3CCOCC3)C2)cc1. The van der Waals surface area contributed by atoms with E-state index < -0.39 is 0 Å². The van der Waals surface area contributed by atoms with Crippen LogP contribution in [0.2, 0.25) is 0 Å². The third kappa shape index (κ3) is 4.02. The number of anilines is 1. The lowest BCUT2D eigenvalue weighted by molar-refractivity contribution is -0.126. The maximum absolute atomic E-state index is 12.5. The molecule has 1 N–H and O–H groups in total. The fourth-order valence-electron chi connectivity index (χ4n) is 3.33. The van der Waals surface area contributed by atoms with Crippen LogP contribution in [0.1, 0.15) is 31.2 Å². The Morgan fingerprint density at radius 1 is 1.22 bits per heavy atom. The summed E-state index contributed by atoms with van der Waals surface area (Å²) in [5.74, 6) is 0.220. The van der Waals surface area contributed by atoms with E-state index in [-0.39, 0.29) is 17.9 Å². The molecule has 1 aromatic rings. The van der Waals surface area contributed by atoms with E-state index in [0.29, 0.717) is 5.56 Å². The topological polar surface area (TPSA) is 65.4 Å². The average molecular weight is 313 g/mol. The number of nitrogens with one attached hydrogen (secondary N) is 1. The minimum Gasteiger partial charge on any atom is -0.381 e. The van der Waals surface area contributed by atoms with E-state index in [0.717, 1.165) is 57.7 Å². The van der Waals surface area contributed by atoms with Crippen LogP contribution in [0.4, 0.5) is 5.69 Å². The van der Waals surface area contributed by atoms with Crippen molar-refractivity contribution in [1.29, 1.82) is 5.26 Å². The van der Waals surface area contributed by atoms with Gasteiger partial charge in [-0.3, -0.25) is 4.79 Å². The molecule has 0 spiro atoms. The first kappa shape index (κ1) is 15.8. The average Bonchev–Trinajstić information content (AvgIpc) is 2.63. The molecule has 1 aromatic carbocycles. The zero-order valence-corrected chi connectivity index (χ0v) is 13.3. The van der Waals surface area contributed by atoms with Gasteiger partial charge in [-0.1, -0.05) is 0 Å². The molecule has 1 unspecified atom stereocenters. The molecule has 0 aromatic heterocycles. The zero-order chi connectivity index (χ0) is 16.1. The minimum atomic E-state index is 0.0437. The van der Waals surface area contributed by atoms with Gasteiger partial charge in [0.15, 0.2) is 0 Å². The lowest BCUT2D eigenvalue weighted by atomic mass is 9.95. The highest BCUT2D eigenvalue weighted by Crippen LogP contribution is 2.24. The Hall–Kier alpha value is -2.06. The summed E-state index contributed by atoms with van der Waals surface area (Å²) in [6.07, 6.45) is 3.79. The predicted octanol–water partition coefficient (Wildman–Crippen LogP) is 2.07. The highest BCUT2D eigenvalue weighted by Gasteiger charge is 2.27. The Labute approximate surface area is 137 Å². The van der Waals surface area contributed by atoms with Crippen molar-refractivity contribution in [2.24, 2.45) is 5.92 Å². The third-order valence-corrected chi connectivity index (χ3v) is 4.72. The van der Waals surface area contributed by atoms with Crippen molar-refractivity contribution in [3.8, 4) is 6.07 Å². The summed E-state index contributed by atoms with van der Waals surface area (Å²) in [4.78, 5) is 14.8. The number of hydrogen-bond acceptors (Lipinski definition) is 4. The second-order valence-electron chi connectivity index (χ2n) is 6.34. The van der Waals surface area contributed by atoms with Crippen molar-refractivity contribution >= 4 is 11.6 Å². The summed E-state index contributed by atoms with van der Waals surface area (Å²) < 4.78 is 5.34. The van der Waals surface area contributed by atoms with E-state index in [2.05, 4.69) is 16.3 Å². The van der Waals surface area contributed by atoms with Gasteiger partial charge in [0.2, 0.25) is 5.91 Å². The molecule has 0 saturated carbocycles. The molecule has 0 aliphatic carbocycles. The summed E-state index contributed by atoms with van der Waals surface area (Å²) in [6.45, 7) is 3.20. The predicted molar refractivity (Wildman–Crippen MR) is 88.1 cm³/mol. The number of ether oxygens (including phenoxy) is 1. The maximum Gasteiger partial charge on any atom is 0.225 e. The van der Waals surface area contributed by atoms with E-state index in [1.807, 2.05) is 24.3 Å². The molecular formula is C18H23N3O2. The summed E-state index contributed by atoms with van der Waals surface area (Å²) in [7, 11) is 0. The highest BCUT2D eigenvalue weighted by atomic mass is 16.5. The van der Waals surface area contributed by atoms with Gasteiger partial charge in [-0.2, -0.15) is 5.26 Å². The molecule has 0 radical (unpaired) electrons. The fourth-order valence-corrected chi connectivity index (χ4v) is 3.33. The number of rotatable bonds is 3. The number of carbonyl (C=O) groups excluding carboxylic acids is 1. The zero-order valence-electron chi connectivity index (χ0n) is 13.3. The van der Waals surface area contributed by atoms with E-state index in [1.54, 1.807) is 0 Å². The van der Waals surface area contributed by atoms with Gasteiger partial charge in [-0.25, -0.2) is 0 Å². The fraction of sp³-hybridized carbons (Fsp3) is 0.556. The van der Waals surface area contributed by atoms with Gasteiger partial charge in [-0.15, -0.1) is 0 Å². The second kappa shape index (κ2) is 7.47. The molecule has 23 heavy (non-hydrogen) atoms. The number of piperidine rings is 1. The van der Waals surface area contributed by atoms with Crippen molar-refractivity contribution in [2.75, 3.05) is 31.2 Å². The van der Waals surface area contributed by atoms with Gasteiger partial charge in [0, 0.05) is 38.0 Å². The Balaban J connectivity index is 1.58. The molecule has 5 heteroatoms. The summed E-state index contributed by atoms with van der Waals surface area (Å²) in [5.41, 5.74) is 1.76. The maximum atomic E-state index is 12.5. The summed E-state index contributed by atoms with van der Waals surface area (Å²) in [6, 6.07) is 10.0. The molecule has 2 heterocycles. The number of amides is 1. The van der Waals surface area contributed by atoms with Gasteiger partial charge in [0.05, 0.1) is 17.6 Å². The van der Waals surface area contributed by atoms with Crippen LogP contribution in [-0.4, -0.2) is 38.3 Å². The van der Waals surface area contributed by atoms with Crippen molar-refractivity contribution in [3.63, 3.8) is 0 Å². The lowest BCUT2D eigenvalue weighted by Gasteiger charge is -2.35. The molecular weight excluding hydrogens is 290 g/mol. The van der Waals surface area contributed by atoms with Crippen LogP contribution in [0.5, 0.6) is 0 Å². The van der Waals surface area contributed by atoms with Gasteiger partial charge in [0.25, 0.3) is 0 Å². The Morgan fingerprint density at radius 3 is 2.65 bits per heavy atom. The molecule has 1 atom stereocenters. The van der Waals surface area contributed by atoms with Gasteiger partial charge < -0.3 is 15.0 Å². The molecule has 3 rings (SSSR count). The normalized spacial score (nSPS) is 22.4. The van der Waals surface area contributed by atoms with Crippen LogP contribution < -0.4 is 10.2 Å². The molecule has 5 nitrogen and oxygen atoms in total. The molecule has 2 saturated heterocycles. The minimum absolute atomic E-state index is 0.0437. The Morgan fingerprint density at radius 2 is 1.96 bits per heavy atom. The van der Waals surface area contributed by atoms with Crippen molar-refractivity contribution in [3.05, 3.63) is 29.8 Å². The van der Waals surface area contributed by atoms with Crippen LogP contribution in [0.25, 0.3) is 0 Å². The van der Waals surface area contributed by atoms with E-state index >= 15 is 0 Å². The van der Waals surface area contributed by atoms with Crippen LogP contribution in [0.15, 0.2) is 24.3 Å². The van der Waals surface area contributed by atoms with Crippen molar-refractivity contribution in [2.45, 2.75) is 31.7 Å². The van der Waals surface area contributed by atoms with Gasteiger partial charge >= 0.3 is 0 Å². The van der Waals surface area contributed by atoms with Crippen LogP contribution in [0.3, 0.4) is 0 Å². The standard InChI is InChI=1S/C18H23N3O2/c19-12-14-3-5-17(6-4-14)21-9-1-2-15(13-21)18(22)20-16-7-10-23-11-8-16/h3-6,15-16H,1-2,7-11,13H2,(H,20,22). The quantitative estimate of drug-likeness (QED) is 0.928. The number of benzene rings is 1. The second-order valence-corrected chi connectivity index (χ2v) is 6.34. The van der Waals surface area contributed by atoms with Crippen LogP contribution in [0, 0.1) is 17.2 Å². The molecule has 0 bridgehead atoms. The van der Waals surface area contributed by atoms with Crippen molar-refractivity contribution in [1.82, 2.24) is 5.32 Å². The first-order chi connectivity index (χ1) is 11.3. The highest BCUT2D eigenvalue weighted by molar-refractivity contribution is 5.80. The van der Waals surface area contributed by atoms with Crippen LogP contribution in [-0.2, 0) is 9.53 Å². The Kier molecular flexibility index (Phi) is 5.14. The van der Waals surface area contributed by atoms with Crippen molar-refractivity contribution < 1.29 is 9.53 Å². The molecule has 2 aliphatic rings. The summed E-state index contributed by atoms with van der Waals surface area (Å²) >= 11 is 0. The van der Waals surface area contributed by atoms with Gasteiger partial charge in [0.1, 0.15) is 0 Å². The Bertz CT molecular complexity index is 573. The van der Waals surface area contributed by atoms with E-state index in [4.69, 9.17) is 10.00 Å². The van der Waals surface area contributed by atoms with Crippen LogP contribution >= 0.6 is 0 Å². The number of nitrogens with zero attached hydrogens (tertiary/aromatic N) is 2. The molecule has 2 fully saturated rings. The number of nitriles is 1. The molecule has 2 aliphatic heterocycles. The largest absolute Gasteiger partial charge is 0.381 e. The smallest absolute Gasteiger partial charge is 0.225 e. The first-order valence-electron chi connectivity index (χ1n) is 8.39. The number of hydrogen-bond donors (Lipinski definition) is 1. The van der Waals surface area contributed by atoms with E-state index in [9.17, 15) is 4.79 Å². The number of carbonyl (C=O) groups is 1. The van der Waals surface area contributed by atoms with Gasteiger partial charge in [-0.05, 0) is 49.9 Å². The summed E-state index contributed by atoms with van der Waals surface area (Å²) in [5, 5.41) is 12.1. The monoisotopic (exact) mass is 313 g/mol. The first-order valence-corrected chi connectivity index (χ1v) is 8.39. The lowest BCUT2D eigenvalue weighted by Crippen LogP contribution is -2.47. The van der Waals surface area contributed by atoms with E-state index in [1.165, 1.54) is 0 Å². The third-order valence-electron chi connectivity index (χ3n) is 4.72. The molecule has 122 valence electrons. The molecule has 1 amide bonds.